The van der Waals surface area contributed by atoms with Gasteiger partial charge in [0.05, 0.1) is 0 Å². The highest BCUT2D eigenvalue weighted by atomic mass is 16.2. The maximum atomic E-state index is 12.5. The molecule has 0 aliphatic carbocycles. The van der Waals surface area contributed by atoms with Crippen LogP contribution in [0.15, 0.2) is 24.3 Å². The third-order valence-corrected chi connectivity index (χ3v) is 4.45. The molecular formula is C18H28N2O. The molecule has 1 fully saturated rings. The van der Waals surface area contributed by atoms with Crippen LogP contribution in [0.5, 0.6) is 0 Å². The van der Waals surface area contributed by atoms with E-state index in [1.165, 1.54) is 24.8 Å². The molecule has 3 heteroatoms. The molecular weight excluding hydrogens is 260 g/mol. The number of hydrogen-bond donors (Lipinski definition) is 1. The van der Waals surface area contributed by atoms with E-state index in [-0.39, 0.29) is 6.03 Å². The van der Waals surface area contributed by atoms with E-state index in [1.807, 2.05) is 17.0 Å². The molecule has 1 aromatic rings. The summed E-state index contributed by atoms with van der Waals surface area (Å²) in [6.45, 7) is 6.49. The van der Waals surface area contributed by atoms with Crippen LogP contribution in [0.2, 0.25) is 0 Å². The van der Waals surface area contributed by atoms with Gasteiger partial charge in [-0.05, 0) is 63.6 Å². The maximum absolute atomic E-state index is 12.5. The highest BCUT2D eigenvalue weighted by molar-refractivity contribution is 5.89. The normalized spacial score (nSPS) is 22.1. The zero-order chi connectivity index (χ0) is 15.2. The number of carbonyl (C=O) groups excluding carboxylic acids is 1. The second-order valence-corrected chi connectivity index (χ2v) is 6.27. The topological polar surface area (TPSA) is 32.3 Å². The van der Waals surface area contributed by atoms with Crippen LogP contribution >= 0.6 is 0 Å². The molecule has 3 nitrogen and oxygen atoms in total. The summed E-state index contributed by atoms with van der Waals surface area (Å²) in [5.41, 5.74) is 2.24. The quantitative estimate of drug-likeness (QED) is 0.846. The predicted molar refractivity (Wildman–Crippen MR) is 88.7 cm³/mol. The van der Waals surface area contributed by atoms with Crippen LogP contribution in [0.4, 0.5) is 10.5 Å². The van der Waals surface area contributed by atoms with Gasteiger partial charge in [-0.15, -0.1) is 0 Å². The smallest absolute Gasteiger partial charge is 0.319 e. The Morgan fingerprint density at radius 1 is 1.19 bits per heavy atom. The van der Waals surface area contributed by atoms with Crippen molar-refractivity contribution in [3.8, 4) is 0 Å². The van der Waals surface area contributed by atoms with Gasteiger partial charge in [0.2, 0.25) is 0 Å². The largest absolute Gasteiger partial charge is 0.322 e. The van der Waals surface area contributed by atoms with Crippen LogP contribution in [0.3, 0.4) is 0 Å². The first-order valence-corrected chi connectivity index (χ1v) is 8.30. The summed E-state index contributed by atoms with van der Waals surface area (Å²) in [5, 5.41) is 3.04. The Labute approximate surface area is 128 Å². The number of rotatable bonds is 4. The van der Waals surface area contributed by atoms with E-state index in [4.69, 9.17) is 0 Å². The summed E-state index contributed by atoms with van der Waals surface area (Å²) in [4.78, 5) is 14.5. The number of nitrogens with zero attached hydrogens (tertiary/aromatic N) is 1. The second kappa shape index (κ2) is 7.48. The van der Waals surface area contributed by atoms with Gasteiger partial charge in [0, 0.05) is 17.8 Å². The molecule has 1 saturated heterocycles. The van der Waals surface area contributed by atoms with Crippen LogP contribution in [0.1, 0.15) is 58.4 Å². The number of anilines is 1. The molecule has 1 aromatic carbocycles. The van der Waals surface area contributed by atoms with Gasteiger partial charge < -0.3 is 10.2 Å². The number of carbonyl (C=O) groups is 1. The Morgan fingerprint density at radius 2 is 1.81 bits per heavy atom. The Bertz CT molecular complexity index is 445. The monoisotopic (exact) mass is 288 g/mol. The van der Waals surface area contributed by atoms with Crippen molar-refractivity contribution in [2.45, 2.75) is 71.4 Å². The van der Waals surface area contributed by atoms with E-state index in [9.17, 15) is 4.79 Å². The molecule has 0 radical (unpaired) electrons. The lowest BCUT2D eigenvalue weighted by molar-refractivity contribution is 0.133. The molecule has 1 aliphatic heterocycles. The molecule has 1 N–H and O–H groups in total. The minimum atomic E-state index is 0.0380. The summed E-state index contributed by atoms with van der Waals surface area (Å²) in [5.74, 6) is 0. The van der Waals surface area contributed by atoms with Crippen molar-refractivity contribution < 1.29 is 4.79 Å². The number of benzene rings is 1. The van der Waals surface area contributed by atoms with E-state index >= 15 is 0 Å². The van der Waals surface area contributed by atoms with Crippen molar-refractivity contribution in [1.82, 2.24) is 4.90 Å². The number of nitrogens with one attached hydrogen (secondary N) is 1. The van der Waals surface area contributed by atoms with Gasteiger partial charge in [0.15, 0.2) is 0 Å². The second-order valence-electron chi connectivity index (χ2n) is 6.27. The highest BCUT2D eigenvalue weighted by Gasteiger charge is 2.28. The lowest BCUT2D eigenvalue weighted by atomic mass is 9.98. The Kier molecular flexibility index (Phi) is 5.66. The summed E-state index contributed by atoms with van der Waals surface area (Å²) in [7, 11) is 0. The number of piperidine rings is 1. The molecule has 21 heavy (non-hydrogen) atoms. The van der Waals surface area contributed by atoms with E-state index in [1.54, 1.807) is 0 Å². The molecule has 0 bridgehead atoms. The molecule has 1 heterocycles. The highest BCUT2D eigenvalue weighted by Crippen LogP contribution is 2.23. The molecule has 0 spiro atoms. The van der Waals surface area contributed by atoms with Gasteiger partial charge in [-0.2, -0.15) is 0 Å². The van der Waals surface area contributed by atoms with Crippen molar-refractivity contribution in [3.63, 3.8) is 0 Å². The third kappa shape index (κ3) is 4.23. The van der Waals surface area contributed by atoms with Crippen molar-refractivity contribution in [2.24, 2.45) is 0 Å². The van der Waals surface area contributed by atoms with Gasteiger partial charge in [0.25, 0.3) is 0 Å². The van der Waals surface area contributed by atoms with Crippen LogP contribution in [-0.2, 0) is 6.42 Å². The standard InChI is InChI=1S/C18H28N2O/c1-4-5-9-16-10-12-17(13-11-16)19-18(21)20-14(2)7-6-8-15(20)3/h10-15H,4-9H2,1-3H3,(H,19,21)/t14-,15-/m1/s1. The third-order valence-electron chi connectivity index (χ3n) is 4.45. The van der Waals surface area contributed by atoms with Gasteiger partial charge >= 0.3 is 6.03 Å². The van der Waals surface area contributed by atoms with E-state index in [2.05, 4.69) is 38.2 Å². The zero-order valence-electron chi connectivity index (χ0n) is 13.6. The number of amides is 2. The van der Waals surface area contributed by atoms with E-state index in [0.717, 1.165) is 24.9 Å². The minimum absolute atomic E-state index is 0.0380. The number of urea groups is 1. The molecule has 0 saturated carbocycles. The van der Waals surface area contributed by atoms with Gasteiger partial charge in [-0.1, -0.05) is 25.5 Å². The summed E-state index contributed by atoms with van der Waals surface area (Å²) in [6, 6.07) is 8.97. The van der Waals surface area contributed by atoms with Crippen molar-refractivity contribution >= 4 is 11.7 Å². The van der Waals surface area contributed by atoms with Crippen molar-refractivity contribution in [1.29, 1.82) is 0 Å². The summed E-state index contributed by atoms with van der Waals surface area (Å²) < 4.78 is 0. The number of hydrogen-bond acceptors (Lipinski definition) is 1. The SMILES string of the molecule is CCCCc1ccc(NC(=O)N2[C@H](C)CCC[C@H]2C)cc1. The molecule has 2 amide bonds. The van der Waals surface area contributed by atoms with Crippen molar-refractivity contribution in [3.05, 3.63) is 29.8 Å². The van der Waals surface area contributed by atoms with Gasteiger partial charge in [-0.25, -0.2) is 4.79 Å². The molecule has 116 valence electrons. The molecule has 0 aromatic heterocycles. The molecule has 1 aliphatic rings. The van der Waals surface area contributed by atoms with Crippen molar-refractivity contribution in [2.75, 3.05) is 5.32 Å². The van der Waals surface area contributed by atoms with E-state index in [0.29, 0.717) is 12.1 Å². The lowest BCUT2D eigenvalue weighted by Crippen LogP contribution is -2.49. The van der Waals surface area contributed by atoms with Crippen LogP contribution < -0.4 is 5.32 Å². The molecule has 2 rings (SSSR count). The fraction of sp³-hybridized carbons (Fsp3) is 0.611. The first-order chi connectivity index (χ1) is 10.1. The molecule has 2 atom stereocenters. The first kappa shape index (κ1) is 15.9. The number of likely N-dealkylation sites (tertiary alicyclic amines) is 1. The maximum Gasteiger partial charge on any atom is 0.322 e. The first-order valence-electron chi connectivity index (χ1n) is 8.30. The average molecular weight is 288 g/mol. The zero-order valence-corrected chi connectivity index (χ0v) is 13.6. The predicted octanol–water partition coefficient (Wildman–Crippen LogP) is 4.82. The number of aryl methyl sites for hydroxylation is 1. The fourth-order valence-electron chi connectivity index (χ4n) is 3.15. The van der Waals surface area contributed by atoms with E-state index < -0.39 is 0 Å². The summed E-state index contributed by atoms with van der Waals surface area (Å²) in [6.07, 6.45) is 6.97. The van der Waals surface area contributed by atoms with Crippen LogP contribution in [0.25, 0.3) is 0 Å². The lowest BCUT2D eigenvalue weighted by Gasteiger charge is -2.38. The van der Waals surface area contributed by atoms with Gasteiger partial charge in [-0.3, -0.25) is 0 Å². The van der Waals surface area contributed by atoms with Crippen LogP contribution in [-0.4, -0.2) is 23.0 Å². The Morgan fingerprint density at radius 3 is 2.38 bits per heavy atom. The fourth-order valence-corrected chi connectivity index (χ4v) is 3.15. The van der Waals surface area contributed by atoms with Crippen LogP contribution in [0, 0.1) is 0 Å². The average Bonchev–Trinajstić information content (AvgIpc) is 2.46. The minimum Gasteiger partial charge on any atom is -0.319 e. The Balaban J connectivity index is 1.95. The molecule has 0 unspecified atom stereocenters. The van der Waals surface area contributed by atoms with Gasteiger partial charge in [0.1, 0.15) is 0 Å². The number of unbranched alkanes of at least 4 members (excludes halogenated alkanes) is 1. The summed E-state index contributed by atoms with van der Waals surface area (Å²) >= 11 is 0. The Hall–Kier alpha value is -1.51.